The molecule has 31 heavy (non-hydrogen) atoms. The van der Waals surface area contributed by atoms with Crippen LogP contribution >= 0.6 is 24.0 Å². The third-order valence-electron chi connectivity index (χ3n) is 5.41. The van der Waals surface area contributed by atoms with Gasteiger partial charge >= 0.3 is 0 Å². The smallest absolute Gasteiger partial charge is 0.191 e. The molecule has 1 saturated heterocycles. The van der Waals surface area contributed by atoms with E-state index < -0.39 is 6.10 Å². The minimum absolute atomic E-state index is 0. The van der Waals surface area contributed by atoms with E-state index in [2.05, 4.69) is 15.5 Å². The fourth-order valence-electron chi connectivity index (χ4n) is 3.78. The number of ether oxygens (including phenoxy) is 1. The number of hydrogen-bond donors (Lipinski definition) is 3. The van der Waals surface area contributed by atoms with Crippen LogP contribution in [-0.4, -0.2) is 55.8 Å². The Hall–Kier alpha value is -1.78. The van der Waals surface area contributed by atoms with E-state index in [1.807, 2.05) is 43.3 Å². The van der Waals surface area contributed by atoms with Gasteiger partial charge in [-0.25, -0.2) is 0 Å². The van der Waals surface area contributed by atoms with Gasteiger partial charge in [-0.3, -0.25) is 9.89 Å². The second-order valence-corrected chi connectivity index (χ2v) is 7.52. The summed E-state index contributed by atoms with van der Waals surface area (Å²) in [5.41, 5.74) is 0.805. The molecule has 2 unspecified atom stereocenters. The maximum atomic E-state index is 10.6. The number of furan rings is 1. The van der Waals surface area contributed by atoms with Crippen LogP contribution < -0.4 is 15.4 Å². The van der Waals surface area contributed by atoms with Crippen molar-refractivity contribution in [3.8, 4) is 5.75 Å². The SMILES string of the molecule is CCNC(=NCC(c1ccco1)N1CCCCC1)NCC(O)c1cccc(OC)c1.I. The Bertz CT molecular complexity index is 779. The number of likely N-dealkylation sites (tertiary alicyclic amines) is 1. The van der Waals surface area contributed by atoms with Crippen LogP contribution in [-0.2, 0) is 0 Å². The minimum Gasteiger partial charge on any atom is -0.497 e. The zero-order chi connectivity index (χ0) is 21.2. The molecule has 8 heteroatoms. The summed E-state index contributed by atoms with van der Waals surface area (Å²) in [5, 5.41) is 17.1. The third-order valence-corrected chi connectivity index (χ3v) is 5.41. The number of nitrogens with zero attached hydrogens (tertiary/aromatic N) is 2. The van der Waals surface area contributed by atoms with Crippen molar-refractivity contribution >= 4 is 29.9 Å². The van der Waals surface area contributed by atoms with E-state index >= 15 is 0 Å². The van der Waals surface area contributed by atoms with Crippen molar-refractivity contribution in [3.63, 3.8) is 0 Å². The highest BCUT2D eigenvalue weighted by atomic mass is 127. The molecule has 0 radical (unpaired) electrons. The lowest BCUT2D eigenvalue weighted by molar-refractivity contribution is 0.150. The van der Waals surface area contributed by atoms with E-state index in [1.165, 1.54) is 19.3 Å². The van der Waals surface area contributed by atoms with E-state index in [1.54, 1.807) is 13.4 Å². The number of nitrogens with one attached hydrogen (secondary N) is 2. The molecule has 0 bridgehead atoms. The Morgan fingerprint density at radius 2 is 2.00 bits per heavy atom. The molecule has 3 N–H and O–H groups in total. The van der Waals surface area contributed by atoms with Crippen LogP contribution in [0.1, 0.15) is 49.7 Å². The molecule has 2 heterocycles. The Kier molecular flexibility index (Phi) is 11.2. The summed E-state index contributed by atoms with van der Waals surface area (Å²) >= 11 is 0. The highest BCUT2D eigenvalue weighted by molar-refractivity contribution is 14.0. The van der Waals surface area contributed by atoms with Crippen molar-refractivity contribution in [2.24, 2.45) is 4.99 Å². The number of methoxy groups -OCH3 is 1. The zero-order valence-corrected chi connectivity index (χ0v) is 20.7. The number of rotatable bonds is 9. The largest absolute Gasteiger partial charge is 0.497 e. The van der Waals surface area contributed by atoms with Gasteiger partial charge in [-0.1, -0.05) is 18.6 Å². The van der Waals surface area contributed by atoms with Crippen LogP contribution in [0.15, 0.2) is 52.1 Å². The van der Waals surface area contributed by atoms with Crippen LogP contribution in [0.3, 0.4) is 0 Å². The first-order valence-electron chi connectivity index (χ1n) is 10.8. The average molecular weight is 542 g/mol. The van der Waals surface area contributed by atoms with Crippen molar-refractivity contribution in [1.82, 2.24) is 15.5 Å². The van der Waals surface area contributed by atoms with Crippen molar-refractivity contribution in [2.45, 2.75) is 38.3 Å². The molecule has 7 nitrogen and oxygen atoms in total. The van der Waals surface area contributed by atoms with Gasteiger partial charge in [0, 0.05) is 13.1 Å². The van der Waals surface area contributed by atoms with Gasteiger partial charge in [0.2, 0.25) is 0 Å². The fourth-order valence-corrected chi connectivity index (χ4v) is 3.78. The average Bonchev–Trinajstić information content (AvgIpc) is 3.32. The summed E-state index contributed by atoms with van der Waals surface area (Å²) in [7, 11) is 1.62. The first-order chi connectivity index (χ1) is 14.7. The number of hydrogen-bond acceptors (Lipinski definition) is 5. The molecule has 1 aromatic carbocycles. The number of piperidine rings is 1. The molecule has 172 valence electrons. The molecule has 1 aliphatic heterocycles. The molecule has 2 aromatic rings. The lowest BCUT2D eigenvalue weighted by atomic mass is 10.1. The predicted octanol–water partition coefficient (Wildman–Crippen LogP) is 3.72. The van der Waals surface area contributed by atoms with E-state index in [9.17, 15) is 5.11 Å². The summed E-state index contributed by atoms with van der Waals surface area (Å²) < 4.78 is 11.0. The van der Waals surface area contributed by atoms with Gasteiger partial charge in [0.25, 0.3) is 0 Å². The van der Waals surface area contributed by atoms with Gasteiger partial charge in [0.1, 0.15) is 11.5 Å². The van der Waals surface area contributed by atoms with Crippen LogP contribution in [0.4, 0.5) is 0 Å². The molecule has 0 saturated carbocycles. The quantitative estimate of drug-likeness (QED) is 0.255. The number of guanidine groups is 1. The van der Waals surface area contributed by atoms with Crippen LogP contribution in [0.25, 0.3) is 0 Å². The maximum Gasteiger partial charge on any atom is 0.191 e. The first-order valence-corrected chi connectivity index (χ1v) is 10.8. The molecule has 0 amide bonds. The number of halogens is 1. The standard InChI is InChI=1S/C23H34N4O3.HI/c1-3-24-23(26-17-21(28)18-9-7-10-19(15-18)29-2)25-16-20(22-11-8-14-30-22)27-12-5-4-6-13-27;/h7-11,14-15,20-21,28H,3-6,12-13,16-17H2,1-2H3,(H2,24,25,26);1H. The van der Waals surface area contributed by atoms with E-state index in [4.69, 9.17) is 14.1 Å². The van der Waals surface area contributed by atoms with Gasteiger partial charge < -0.3 is 24.9 Å². The fraction of sp³-hybridized carbons (Fsp3) is 0.522. The summed E-state index contributed by atoms with van der Waals surface area (Å²) in [6, 6.07) is 11.6. The third kappa shape index (κ3) is 7.69. The Morgan fingerprint density at radius 3 is 2.68 bits per heavy atom. The summed E-state index contributed by atoms with van der Waals surface area (Å²) in [5.74, 6) is 2.37. The molecular formula is C23H35IN4O3. The number of benzene rings is 1. The molecule has 3 rings (SSSR count). The molecule has 2 atom stereocenters. The van der Waals surface area contributed by atoms with E-state index in [0.29, 0.717) is 19.0 Å². The highest BCUT2D eigenvalue weighted by Gasteiger charge is 2.24. The number of aliphatic hydroxyl groups is 1. The Labute approximate surface area is 202 Å². The van der Waals surface area contributed by atoms with Gasteiger partial charge in [-0.15, -0.1) is 24.0 Å². The normalized spacial score (nSPS) is 16.8. The van der Waals surface area contributed by atoms with Gasteiger partial charge in [-0.2, -0.15) is 0 Å². The maximum absolute atomic E-state index is 10.6. The molecule has 0 aliphatic carbocycles. The Balaban J connectivity index is 0.00000341. The van der Waals surface area contributed by atoms with Crippen molar-refractivity contribution in [3.05, 3.63) is 54.0 Å². The first kappa shape index (κ1) is 25.5. The van der Waals surface area contributed by atoms with Crippen molar-refractivity contribution in [1.29, 1.82) is 0 Å². The van der Waals surface area contributed by atoms with Gasteiger partial charge in [-0.05, 0) is 62.7 Å². The predicted molar refractivity (Wildman–Crippen MR) is 134 cm³/mol. The number of aliphatic hydroxyl groups excluding tert-OH is 1. The van der Waals surface area contributed by atoms with Crippen LogP contribution in [0.5, 0.6) is 5.75 Å². The van der Waals surface area contributed by atoms with Crippen molar-refractivity contribution in [2.75, 3.05) is 39.8 Å². The van der Waals surface area contributed by atoms with Gasteiger partial charge in [0.05, 0.1) is 32.1 Å². The lowest BCUT2D eigenvalue weighted by Crippen LogP contribution is -2.41. The molecule has 1 aromatic heterocycles. The van der Waals surface area contributed by atoms with Crippen LogP contribution in [0.2, 0.25) is 0 Å². The zero-order valence-electron chi connectivity index (χ0n) is 18.4. The topological polar surface area (TPSA) is 82.3 Å². The summed E-state index contributed by atoms with van der Waals surface area (Å²) in [4.78, 5) is 7.26. The second kappa shape index (κ2) is 13.6. The molecular weight excluding hydrogens is 507 g/mol. The van der Waals surface area contributed by atoms with E-state index in [0.717, 1.165) is 36.7 Å². The summed E-state index contributed by atoms with van der Waals surface area (Å²) in [6.07, 6.45) is 4.78. The number of aliphatic imine (C=N–C) groups is 1. The minimum atomic E-state index is -0.660. The second-order valence-electron chi connectivity index (χ2n) is 7.52. The monoisotopic (exact) mass is 542 g/mol. The lowest BCUT2D eigenvalue weighted by Gasteiger charge is -2.32. The van der Waals surface area contributed by atoms with Crippen molar-refractivity contribution < 1.29 is 14.3 Å². The highest BCUT2D eigenvalue weighted by Crippen LogP contribution is 2.25. The summed E-state index contributed by atoms with van der Waals surface area (Å²) in [6.45, 7) is 5.87. The van der Waals surface area contributed by atoms with Gasteiger partial charge in [0.15, 0.2) is 5.96 Å². The Morgan fingerprint density at radius 1 is 1.19 bits per heavy atom. The molecule has 1 aliphatic rings. The molecule has 1 fully saturated rings. The molecule has 0 spiro atoms. The van der Waals surface area contributed by atoms with Crippen LogP contribution in [0, 0.1) is 0 Å². The van der Waals surface area contributed by atoms with E-state index in [-0.39, 0.29) is 30.0 Å².